The van der Waals surface area contributed by atoms with Gasteiger partial charge >= 0.3 is 0 Å². The van der Waals surface area contributed by atoms with E-state index >= 15 is 0 Å². The average Bonchev–Trinajstić information content (AvgIpc) is 3.07. The molecule has 112 valence electrons. The largest absolute Gasteiger partial charge is 0.495 e. The Labute approximate surface area is 127 Å². The van der Waals surface area contributed by atoms with Gasteiger partial charge in [-0.3, -0.25) is 9.48 Å². The number of hydrogen-bond donors (Lipinski definition) is 2. The summed E-state index contributed by atoms with van der Waals surface area (Å²) in [5, 5.41) is 10.7. The van der Waals surface area contributed by atoms with Crippen LogP contribution in [0.15, 0.2) is 12.1 Å². The highest BCUT2D eigenvalue weighted by Crippen LogP contribution is 2.28. The number of thiophene rings is 1. The monoisotopic (exact) mass is 306 g/mol. The molecule has 0 atom stereocenters. The Morgan fingerprint density at radius 3 is 3.19 bits per heavy atom. The number of rotatable bonds is 4. The zero-order valence-corrected chi connectivity index (χ0v) is 12.9. The smallest absolute Gasteiger partial charge is 0.265 e. The van der Waals surface area contributed by atoms with E-state index in [9.17, 15) is 4.79 Å². The molecule has 0 saturated carbocycles. The van der Waals surface area contributed by atoms with Crippen molar-refractivity contribution in [1.82, 2.24) is 20.4 Å². The molecule has 0 unspecified atom stereocenters. The third-order valence-corrected chi connectivity index (χ3v) is 4.43. The average molecular weight is 306 g/mol. The summed E-state index contributed by atoms with van der Waals surface area (Å²) in [5.41, 5.74) is 2.05. The standard InChI is InChI=1S/C14H18N4O2S/c1-9-5-12(20-2)13(21-9)14(19)16-7-10-6-11-8-15-3-4-18(11)17-10/h5-6,15H,3-4,7-8H2,1-2H3,(H,16,19). The Kier molecular flexibility index (Phi) is 3.94. The summed E-state index contributed by atoms with van der Waals surface area (Å²) in [6.45, 7) is 5.03. The maximum atomic E-state index is 12.2. The number of carbonyl (C=O) groups excluding carboxylic acids is 1. The molecule has 2 N–H and O–H groups in total. The Morgan fingerprint density at radius 1 is 1.57 bits per heavy atom. The van der Waals surface area contributed by atoms with Crippen LogP contribution in [0.4, 0.5) is 0 Å². The fraction of sp³-hybridized carbons (Fsp3) is 0.429. The summed E-state index contributed by atoms with van der Waals surface area (Å²) in [4.78, 5) is 13.9. The van der Waals surface area contributed by atoms with Crippen LogP contribution in [0.3, 0.4) is 0 Å². The van der Waals surface area contributed by atoms with Gasteiger partial charge in [0.15, 0.2) is 0 Å². The molecule has 6 nitrogen and oxygen atoms in total. The number of carbonyl (C=O) groups is 1. The highest BCUT2D eigenvalue weighted by molar-refractivity contribution is 7.14. The van der Waals surface area contributed by atoms with Crippen molar-refractivity contribution in [2.45, 2.75) is 26.6 Å². The van der Waals surface area contributed by atoms with E-state index in [1.165, 1.54) is 11.3 Å². The molecule has 0 fully saturated rings. The molecule has 1 aliphatic heterocycles. The number of ether oxygens (including phenoxy) is 1. The van der Waals surface area contributed by atoms with Crippen LogP contribution in [0.2, 0.25) is 0 Å². The molecule has 3 rings (SSSR count). The Hall–Kier alpha value is -1.86. The van der Waals surface area contributed by atoms with Gasteiger partial charge in [0.25, 0.3) is 5.91 Å². The maximum Gasteiger partial charge on any atom is 0.265 e. The van der Waals surface area contributed by atoms with Crippen molar-refractivity contribution >= 4 is 17.2 Å². The fourth-order valence-electron chi connectivity index (χ4n) is 2.39. The third kappa shape index (κ3) is 2.93. The summed E-state index contributed by atoms with van der Waals surface area (Å²) < 4.78 is 7.22. The van der Waals surface area contributed by atoms with Crippen LogP contribution in [0.1, 0.15) is 25.9 Å². The van der Waals surface area contributed by atoms with Crippen LogP contribution in [-0.2, 0) is 19.6 Å². The van der Waals surface area contributed by atoms with Crippen molar-refractivity contribution in [3.05, 3.63) is 33.3 Å². The number of methoxy groups -OCH3 is 1. The SMILES string of the molecule is COc1cc(C)sc1C(=O)NCc1cc2n(n1)CCNC2. The van der Waals surface area contributed by atoms with E-state index in [-0.39, 0.29) is 5.91 Å². The van der Waals surface area contributed by atoms with Crippen molar-refractivity contribution < 1.29 is 9.53 Å². The number of aromatic nitrogens is 2. The second-order valence-corrected chi connectivity index (χ2v) is 6.22. The predicted octanol–water partition coefficient (Wildman–Crippen LogP) is 1.29. The van der Waals surface area contributed by atoms with Gasteiger partial charge in [-0.25, -0.2) is 0 Å². The molecule has 21 heavy (non-hydrogen) atoms. The third-order valence-electron chi connectivity index (χ3n) is 3.40. The Morgan fingerprint density at radius 2 is 2.43 bits per heavy atom. The summed E-state index contributed by atoms with van der Waals surface area (Å²) >= 11 is 1.44. The first-order valence-electron chi connectivity index (χ1n) is 6.86. The quantitative estimate of drug-likeness (QED) is 0.893. The van der Waals surface area contributed by atoms with E-state index in [2.05, 4.69) is 15.7 Å². The molecule has 0 spiro atoms. The minimum Gasteiger partial charge on any atom is -0.495 e. The van der Waals surface area contributed by atoms with Gasteiger partial charge < -0.3 is 15.4 Å². The number of hydrogen-bond acceptors (Lipinski definition) is 5. The van der Waals surface area contributed by atoms with Crippen LogP contribution in [0, 0.1) is 6.92 Å². The van der Waals surface area contributed by atoms with Gasteiger partial charge in [0.1, 0.15) is 10.6 Å². The lowest BCUT2D eigenvalue weighted by molar-refractivity contribution is 0.0951. The van der Waals surface area contributed by atoms with Gasteiger partial charge in [0, 0.05) is 18.0 Å². The molecule has 3 heterocycles. The van der Waals surface area contributed by atoms with E-state index in [0.29, 0.717) is 17.2 Å². The van der Waals surface area contributed by atoms with Gasteiger partial charge in [0.05, 0.1) is 31.6 Å². The summed E-state index contributed by atoms with van der Waals surface area (Å²) in [7, 11) is 1.58. The summed E-state index contributed by atoms with van der Waals surface area (Å²) in [6.07, 6.45) is 0. The molecule has 0 aliphatic carbocycles. The van der Waals surface area contributed by atoms with E-state index in [0.717, 1.165) is 35.9 Å². The molecule has 1 aliphatic rings. The Balaban J connectivity index is 1.66. The van der Waals surface area contributed by atoms with Gasteiger partial charge in [-0.15, -0.1) is 11.3 Å². The molecule has 2 aromatic rings. The summed E-state index contributed by atoms with van der Waals surface area (Å²) in [5.74, 6) is 0.511. The van der Waals surface area contributed by atoms with Crippen LogP contribution in [0.25, 0.3) is 0 Å². The highest BCUT2D eigenvalue weighted by atomic mass is 32.1. The number of amides is 1. The molecule has 7 heteroatoms. The molecule has 2 aromatic heterocycles. The molecular formula is C14H18N4O2S. The normalized spacial score (nSPS) is 13.8. The van der Waals surface area contributed by atoms with Crippen LogP contribution >= 0.6 is 11.3 Å². The van der Waals surface area contributed by atoms with Gasteiger partial charge in [-0.2, -0.15) is 5.10 Å². The van der Waals surface area contributed by atoms with Crippen molar-refractivity contribution in [2.75, 3.05) is 13.7 Å². The molecule has 0 saturated heterocycles. The molecule has 1 amide bonds. The summed E-state index contributed by atoms with van der Waals surface area (Å²) in [6, 6.07) is 3.91. The van der Waals surface area contributed by atoms with E-state index < -0.39 is 0 Å². The topological polar surface area (TPSA) is 68.2 Å². The fourth-order valence-corrected chi connectivity index (χ4v) is 3.29. The van der Waals surface area contributed by atoms with Crippen molar-refractivity contribution in [1.29, 1.82) is 0 Å². The zero-order chi connectivity index (χ0) is 14.8. The Bertz CT molecular complexity index is 638. The highest BCUT2D eigenvalue weighted by Gasteiger charge is 2.17. The van der Waals surface area contributed by atoms with Gasteiger partial charge in [-0.1, -0.05) is 0 Å². The lowest BCUT2D eigenvalue weighted by atomic mass is 10.3. The molecule has 0 bridgehead atoms. The lowest BCUT2D eigenvalue weighted by Gasteiger charge is -2.13. The van der Waals surface area contributed by atoms with Crippen molar-refractivity contribution in [2.24, 2.45) is 0 Å². The van der Waals surface area contributed by atoms with Crippen molar-refractivity contribution in [3.8, 4) is 5.75 Å². The number of nitrogens with one attached hydrogen (secondary N) is 2. The second kappa shape index (κ2) is 5.87. The second-order valence-electron chi connectivity index (χ2n) is 4.96. The van der Waals surface area contributed by atoms with E-state index in [1.807, 2.05) is 23.7 Å². The molecule has 0 radical (unpaired) electrons. The van der Waals surface area contributed by atoms with Crippen LogP contribution in [-0.4, -0.2) is 29.3 Å². The number of aryl methyl sites for hydroxylation is 1. The van der Waals surface area contributed by atoms with Crippen LogP contribution < -0.4 is 15.4 Å². The van der Waals surface area contributed by atoms with Crippen LogP contribution in [0.5, 0.6) is 5.75 Å². The lowest BCUT2D eigenvalue weighted by Crippen LogP contribution is -2.28. The first kappa shape index (κ1) is 14.1. The first-order chi connectivity index (χ1) is 10.2. The minimum atomic E-state index is -0.117. The number of nitrogens with zero attached hydrogens (tertiary/aromatic N) is 2. The molecular weight excluding hydrogens is 288 g/mol. The van der Waals surface area contributed by atoms with Crippen molar-refractivity contribution in [3.63, 3.8) is 0 Å². The van der Waals surface area contributed by atoms with E-state index in [4.69, 9.17) is 4.74 Å². The predicted molar refractivity (Wildman–Crippen MR) is 80.7 cm³/mol. The maximum absolute atomic E-state index is 12.2. The van der Waals surface area contributed by atoms with E-state index in [1.54, 1.807) is 7.11 Å². The van der Waals surface area contributed by atoms with Gasteiger partial charge in [0.2, 0.25) is 0 Å². The number of fused-ring (bicyclic) bond motifs is 1. The minimum absolute atomic E-state index is 0.117. The molecule has 0 aromatic carbocycles. The first-order valence-corrected chi connectivity index (χ1v) is 7.68. The van der Waals surface area contributed by atoms with Gasteiger partial charge in [-0.05, 0) is 19.1 Å². The zero-order valence-electron chi connectivity index (χ0n) is 12.1.